The Morgan fingerprint density at radius 1 is 1.27 bits per heavy atom. The molecule has 1 N–H and O–H groups in total. The molecule has 134 valence electrons. The predicted octanol–water partition coefficient (Wildman–Crippen LogP) is 2.29. The fraction of sp³-hybridized carbons (Fsp3) is 0.222. The quantitative estimate of drug-likeness (QED) is 0.644. The number of thioether (sulfide) groups is 1. The third-order valence-corrected chi connectivity index (χ3v) is 4.73. The summed E-state index contributed by atoms with van der Waals surface area (Å²) in [7, 11) is 3.49. The molecule has 0 unspecified atom stereocenters. The fourth-order valence-corrected chi connectivity index (χ4v) is 3.09. The fourth-order valence-electron chi connectivity index (χ4n) is 2.35. The lowest BCUT2D eigenvalue weighted by Crippen LogP contribution is -2.24. The van der Waals surface area contributed by atoms with Gasteiger partial charge in [0.25, 0.3) is 0 Å². The van der Waals surface area contributed by atoms with Crippen molar-refractivity contribution in [1.82, 2.24) is 25.1 Å². The Bertz CT molecular complexity index is 882. The number of carbonyl (C=O) groups is 1. The number of aromatic nitrogens is 4. The van der Waals surface area contributed by atoms with Crippen molar-refractivity contribution >= 4 is 17.7 Å². The number of nitrogens with one attached hydrogen (secondary N) is 1. The molecule has 1 aromatic carbocycles. The lowest BCUT2D eigenvalue weighted by molar-refractivity contribution is -0.118. The molecule has 0 aliphatic heterocycles. The van der Waals surface area contributed by atoms with Gasteiger partial charge in [0.15, 0.2) is 11.0 Å². The standard InChI is InChI=1S/C18H19N5O2S/c1-23-17(14-6-4-8-19-11-14)21-22-18(23)26-12-16(24)20-10-13-5-3-7-15(9-13)25-2/h3-9,11H,10,12H2,1-2H3,(H,20,24). The van der Waals surface area contributed by atoms with E-state index in [4.69, 9.17) is 4.74 Å². The van der Waals surface area contributed by atoms with Gasteiger partial charge in [-0.1, -0.05) is 23.9 Å². The summed E-state index contributed by atoms with van der Waals surface area (Å²) in [5.41, 5.74) is 1.87. The molecular formula is C18H19N5O2S. The molecule has 0 radical (unpaired) electrons. The van der Waals surface area contributed by atoms with Crippen LogP contribution in [0.3, 0.4) is 0 Å². The van der Waals surface area contributed by atoms with Crippen LogP contribution in [-0.4, -0.2) is 38.5 Å². The summed E-state index contributed by atoms with van der Waals surface area (Å²) in [6.45, 7) is 0.455. The summed E-state index contributed by atoms with van der Waals surface area (Å²) in [5.74, 6) is 1.69. The maximum Gasteiger partial charge on any atom is 0.230 e. The Morgan fingerprint density at radius 2 is 2.15 bits per heavy atom. The zero-order valence-corrected chi connectivity index (χ0v) is 15.4. The maximum absolute atomic E-state index is 12.1. The van der Waals surface area contributed by atoms with Gasteiger partial charge in [-0.05, 0) is 29.8 Å². The normalized spacial score (nSPS) is 10.5. The molecule has 0 fully saturated rings. The van der Waals surface area contributed by atoms with Crippen molar-refractivity contribution < 1.29 is 9.53 Å². The van der Waals surface area contributed by atoms with E-state index in [1.165, 1.54) is 11.8 Å². The van der Waals surface area contributed by atoms with E-state index in [9.17, 15) is 4.79 Å². The smallest absolute Gasteiger partial charge is 0.230 e. The first kappa shape index (κ1) is 17.9. The van der Waals surface area contributed by atoms with Gasteiger partial charge in [-0.15, -0.1) is 10.2 Å². The van der Waals surface area contributed by atoms with Crippen molar-refractivity contribution in [2.75, 3.05) is 12.9 Å². The van der Waals surface area contributed by atoms with E-state index in [0.29, 0.717) is 11.7 Å². The highest BCUT2D eigenvalue weighted by Crippen LogP contribution is 2.21. The molecule has 0 bridgehead atoms. The van der Waals surface area contributed by atoms with Crippen LogP contribution in [0.4, 0.5) is 0 Å². The van der Waals surface area contributed by atoms with Gasteiger partial charge < -0.3 is 14.6 Å². The SMILES string of the molecule is COc1cccc(CNC(=O)CSc2nnc(-c3cccnc3)n2C)c1. The van der Waals surface area contributed by atoms with Crippen molar-refractivity contribution in [1.29, 1.82) is 0 Å². The van der Waals surface area contributed by atoms with Crippen LogP contribution in [0.5, 0.6) is 5.75 Å². The van der Waals surface area contributed by atoms with Crippen molar-refractivity contribution in [3.05, 3.63) is 54.4 Å². The summed E-state index contributed by atoms with van der Waals surface area (Å²) in [6, 6.07) is 11.4. The number of amides is 1. The maximum atomic E-state index is 12.1. The van der Waals surface area contributed by atoms with Gasteiger partial charge in [-0.25, -0.2) is 0 Å². The number of ether oxygens (including phenoxy) is 1. The van der Waals surface area contributed by atoms with Gasteiger partial charge in [0.2, 0.25) is 5.91 Å². The summed E-state index contributed by atoms with van der Waals surface area (Å²) >= 11 is 1.35. The van der Waals surface area contributed by atoms with E-state index < -0.39 is 0 Å². The van der Waals surface area contributed by atoms with E-state index in [1.807, 2.05) is 48.0 Å². The summed E-state index contributed by atoms with van der Waals surface area (Å²) in [4.78, 5) is 16.2. The topological polar surface area (TPSA) is 81.9 Å². The highest BCUT2D eigenvalue weighted by Gasteiger charge is 2.13. The lowest BCUT2D eigenvalue weighted by atomic mass is 10.2. The minimum absolute atomic E-state index is 0.0660. The highest BCUT2D eigenvalue weighted by molar-refractivity contribution is 7.99. The number of benzene rings is 1. The third-order valence-electron chi connectivity index (χ3n) is 3.71. The minimum Gasteiger partial charge on any atom is -0.497 e. The van der Waals surface area contributed by atoms with Gasteiger partial charge >= 0.3 is 0 Å². The van der Waals surface area contributed by atoms with Crippen LogP contribution in [0.2, 0.25) is 0 Å². The molecule has 7 nitrogen and oxygen atoms in total. The van der Waals surface area contributed by atoms with Crippen LogP contribution < -0.4 is 10.1 Å². The minimum atomic E-state index is -0.0660. The zero-order valence-electron chi connectivity index (χ0n) is 14.5. The first-order valence-electron chi connectivity index (χ1n) is 7.99. The van der Waals surface area contributed by atoms with Gasteiger partial charge in [-0.3, -0.25) is 9.78 Å². The molecule has 8 heteroatoms. The molecule has 0 saturated heterocycles. The summed E-state index contributed by atoms with van der Waals surface area (Å²) < 4.78 is 7.04. The van der Waals surface area contributed by atoms with Crippen molar-refractivity contribution in [3.63, 3.8) is 0 Å². The third kappa shape index (κ3) is 4.40. The zero-order chi connectivity index (χ0) is 18.4. The Hall–Kier alpha value is -2.87. The van der Waals surface area contributed by atoms with Crippen LogP contribution in [0, 0.1) is 0 Å². The Labute approximate surface area is 155 Å². The van der Waals surface area contributed by atoms with Crippen molar-refractivity contribution in [2.45, 2.75) is 11.7 Å². The summed E-state index contributed by atoms with van der Waals surface area (Å²) in [6.07, 6.45) is 3.45. The first-order valence-corrected chi connectivity index (χ1v) is 8.98. The second kappa shape index (κ2) is 8.48. The number of hydrogen-bond acceptors (Lipinski definition) is 6. The van der Waals surface area contributed by atoms with Crippen LogP contribution in [0.25, 0.3) is 11.4 Å². The molecule has 3 rings (SSSR count). The average molecular weight is 369 g/mol. The Kier molecular flexibility index (Phi) is 5.85. The second-order valence-electron chi connectivity index (χ2n) is 5.52. The Balaban J connectivity index is 1.54. The molecule has 0 aliphatic rings. The number of rotatable bonds is 7. The first-order chi connectivity index (χ1) is 12.7. The van der Waals surface area contributed by atoms with Crippen molar-refractivity contribution in [3.8, 4) is 17.1 Å². The van der Waals surface area contributed by atoms with E-state index in [0.717, 1.165) is 22.7 Å². The Morgan fingerprint density at radius 3 is 2.92 bits per heavy atom. The van der Waals surface area contributed by atoms with Crippen LogP contribution in [0.1, 0.15) is 5.56 Å². The van der Waals surface area contributed by atoms with Gasteiger partial charge in [0, 0.05) is 31.5 Å². The molecule has 1 amide bonds. The molecule has 2 heterocycles. The largest absolute Gasteiger partial charge is 0.497 e. The van der Waals surface area contributed by atoms with E-state index in [1.54, 1.807) is 19.5 Å². The molecule has 2 aromatic heterocycles. The van der Waals surface area contributed by atoms with Gasteiger partial charge in [-0.2, -0.15) is 0 Å². The van der Waals surface area contributed by atoms with Crippen LogP contribution in [0.15, 0.2) is 53.9 Å². The molecular weight excluding hydrogens is 350 g/mol. The van der Waals surface area contributed by atoms with Crippen LogP contribution >= 0.6 is 11.8 Å². The monoisotopic (exact) mass is 369 g/mol. The second-order valence-corrected chi connectivity index (χ2v) is 6.47. The number of carbonyl (C=O) groups excluding carboxylic acids is 1. The van der Waals surface area contributed by atoms with E-state index >= 15 is 0 Å². The molecule has 26 heavy (non-hydrogen) atoms. The average Bonchev–Trinajstić information content (AvgIpc) is 3.06. The number of pyridine rings is 1. The lowest BCUT2D eigenvalue weighted by Gasteiger charge is -2.07. The van der Waals surface area contributed by atoms with E-state index in [-0.39, 0.29) is 11.7 Å². The highest BCUT2D eigenvalue weighted by atomic mass is 32.2. The van der Waals surface area contributed by atoms with Crippen molar-refractivity contribution in [2.24, 2.45) is 7.05 Å². The number of hydrogen-bond donors (Lipinski definition) is 1. The predicted molar refractivity (Wildman–Crippen MR) is 99.8 cm³/mol. The van der Waals surface area contributed by atoms with Crippen LogP contribution in [-0.2, 0) is 18.4 Å². The molecule has 0 aliphatic carbocycles. The molecule has 0 saturated carbocycles. The molecule has 0 atom stereocenters. The molecule has 0 spiro atoms. The summed E-state index contributed by atoms with van der Waals surface area (Å²) in [5, 5.41) is 11.9. The number of methoxy groups -OCH3 is 1. The molecule has 3 aromatic rings. The van der Waals surface area contributed by atoms with Gasteiger partial charge in [0.1, 0.15) is 5.75 Å². The van der Waals surface area contributed by atoms with Gasteiger partial charge in [0.05, 0.1) is 12.9 Å². The van der Waals surface area contributed by atoms with E-state index in [2.05, 4.69) is 20.5 Å². The number of nitrogens with zero attached hydrogens (tertiary/aromatic N) is 4.